The van der Waals surface area contributed by atoms with Crippen LogP contribution in [0.3, 0.4) is 0 Å². The molecule has 0 saturated carbocycles. The lowest BCUT2D eigenvalue weighted by Gasteiger charge is -2.11. The van der Waals surface area contributed by atoms with E-state index in [4.69, 9.17) is 4.74 Å². The summed E-state index contributed by atoms with van der Waals surface area (Å²) in [5.41, 5.74) is 3.46. The summed E-state index contributed by atoms with van der Waals surface area (Å²) in [6.07, 6.45) is 3.85. The number of benzene rings is 1. The maximum Gasteiger partial charge on any atom is 0.127 e. The molecule has 0 aliphatic heterocycles. The molecule has 1 heterocycles. The van der Waals surface area contributed by atoms with Crippen LogP contribution in [0.2, 0.25) is 0 Å². The molecule has 0 aliphatic rings. The van der Waals surface area contributed by atoms with Gasteiger partial charge in [0.1, 0.15) is 5.75 Å². The second-order valence-electron chi connectivity index (χ2n) is 4.52. The third-order valence-corrected chi connectivity index (χ3v) is 2.91. The van der Waals surface area contributed by atoms with Crippen LogP contribution in [0.5, 0.6) is 5.75 Å². The number of hydrogen-bond donors (Lipinski definition) is 0. The zero-order chi connectivity index (χ0) is 12.4. The Kier molecular flexibility index (Phi) is 3.18. The fourth-order valence-electron chi connectivity index (χ4n) is 1.87. The lowest BCUT2D eigenvalue weighted by Crippen LogP contribution is -1.92. The Labute approximate surface area is 102 Å². The molecule has 0 saturated heterocycles. The number of aromatic nitrogens is 2. The smallest absolute Gasteiger partial charge is 0.127 e. The van der Waals surface area contributed by atoms with E-state index in [1.54, 1.807) is 11.8 Å². The Hall–Kier alpha value is -1.77. The maximum atomic E-state index is 5.46. The number of aryl methyl sites for hydroxylation is 1. The summed E-state index contributed by atoms with van der Waals surface area (Å²) < 4.78 is 7.26. The van der Waals surface area contributed by atoms with Crippen LogP contribution in [0.25, 0.3) is 11.1 Å². The third-order valence-electron chi connectivity index (χ3n) is 2.91. The highest BCUT2D eigenvalue weighted by Crippen LogP contribution is 2.32. The number of methoxy groups -OCH3 is 1. The van der Waals surface area contributed by atoms with Crippen LogP contribution in [-0.4, -0.2) is 16.9 Å². The van der Waals surface area contributed by atoms with Gasteiger partial charge in [0.05, 0.1) is 13.3 Å². The monoisotopic (exact) mass is 230 g/mol. The van der Waals surface area contributed by atoms with Crippen molar-refractivity contribution >= 4 is 0 Å². The van der Waals surface area contributed by atoms with Gasteiger partial charge in [0.2, 0.25) is 0 Å². The molecule has 1 aromatic carbocycles. The lowest BCUT2D eigenvalue weighted by molar-refractivity contribution is 0.415. The van der Waals surface area contributed by atoms with Gasteiger partial charge in [0.25, 0.3) is 0 Å². The SMILES string of the molecule is COc1cc(C(C)C)ccc1-c1cnn(C)c1. The van der Waals surface area contributed by atoms with E-state index in [2.05, 4.69) is 37.1 Å². The molecule has 0 spiro atoms. The minimum absolute atomic E-state index is 0.506. The molecule has 17 heavy (non-hydrogen) atoms. The first kappa shape index (κ1) is 11.7. The average Bonchev–Trinajstić information content (AvgIpc) is 2.74. The van der Waals surface area contributed by atoms with Gasteiger partial charge in [0.15, 0.2) is 0 Å². The predicted octanol–water partition coefficient (Wildman–Crippen LogP) is 3.22. The Morgan fingerprint density at radius 3 is 2.59 bits per heavy atom. The number of rotatable bonds is 3. The van der Waals surface area contributed by atoms with Crippen molar-refractivity contribution in [2.75, 3.05) is 7.11 Å². The molecule has 0 radical (unpaired) electrons. The summed E-state index contributed by atoms with van der Waals surface area (Å²) in [5, 5.41) is 4.19. The molecule has 0 aliphatic carbocycles. The van der Waals surface area contributed by atoms with Gasteiger partial charge in [0, 0.05) is 24.4 Å². The molecule has 0 N–H and O–H groups in total. The van der Waals surface area contributed by atoms with Crippen molar-refractivity contribution in [2.24, 2.45) is 7.05 Å². The van der Waals surface area contributed by atoms with Crippen LogP contribution in [0.1, 0.15) is 25.3 Å². The molecule has 2 rings (SSSR count). The molecule has 1 aromatic heterocycles. The van der Waals surface area contributed by atoms with E-state index in [0.29, 0.717) is 5.92 Å². The second kappa shape index (κ2) is 4.62. The van der Waals surface area contributed by atoms with E-state index in [-0.39, 0.29) is 0 Å². The molecule has 0 fully saturated rings. The highest BCUT2D eigenvalue weighted by atomic mass is 16.5. The van der Waals surface area contributed by atoms with Gasteiger partial charge in [-0.25, -0.2) is 0 Å². The zero-order valence-electron chi connectivity index (χ0n) is 10.8. The molecular formula is C14H18N2O. The van der Waals surface area contributed by atoms with Crippen molar-refractivity contribution in [1.82, 2.24) is 9.78 Å². The Morgan fingerprint density at radius 1 is 1.29 bits per heavy atom. The van der Waals surface area contributed by atoms with Crippen molar-refractivity contribution in [3.63, 3.8) is 0 Å². The van der Waals surface area contributed by atoms with E-state index >= 15 is 0 Å². The van der Waals surface area contributed by atoms with Crippen molar-refractivity contribution in [1.29, 1.82) is 0 Å². The van der Waals surface area contributed by atoms with Crippen LogP contribution >= 0.6 is 0 Å². The van der Waals surface area contributed by atoms with Crippen molar-refractivity contribution in [3.8, 4) is 16.9 Å². The van der Waals surface area contributed by atoms with Crippen LogP contribution in [0, 0.1) is 0 Å². The zero-order valence-corrected chi connectivity index (χ0v) is 10.8. The number of ether oxygens (including phenoxy) is 1. The van der Waals surface area contributed by atoms with Crippen LogP contribution < -0.4 is 4.74 Å². The minimum atomic E-state index is 0.506. The molecule has 0 amide bonds. The summed E-state index contributed by atoms with van der Waals surface area (Å²) in [7, 11) is 3.62. The van der Waals surface area contributed by atoms with Crippen LogP contribution in [0.15, 0.2) is 30.6 Å². The first-order valence-corrected chi connectivity index (χ1v) is 5.78. The van der Waals surface area contributed by atoms with E-state index in [0.717, 1.165) is 16.9 Å². The molecule has 3 heteroatoms. The number of nitrogens with zero attached hydrogens (tertiary/aromatic N) is 2. The quantitative estimate of drug-likeness (QED) is 0.809. The predicted molar refractivity (Wildman–Crippen MR) is 69.3 cm³/mol. The van der Waals surface area contributed by atoms with Crippen LogP contribution in [-0.2, 0) is 7.05 Å². The standard InChI is InChI=1S/C14H18N2O/c1-10(2)11-5-6-13(14(7-11)17-4)12-8-15-16(3)9-12/h5-10H,1-4H3. The van der Waals surface area contributed by atoms with Crippen molar-refractivity contribution in [2.45, 2.75) is 19.8 Å². The topological polar surface area (TPSA) is 27.1 Å². The van der Waals surface area contributed by atoms with Gasteiger partial charge in [-0.2, -0.15) is 5.10 Å². The van der Waals surface area contributed by atoms with E-state index in [1.165, 1.54) is 5.56 Å². The molecule has 0 bridgehead atoms. The van der Waals surface area contributed by atoms with Gasteiger partial charge in [-0.05, 0) is 17.5 Å². The van der Waals surface area contributed by atoms with Gasteiger partial charge >= 0.3 is 0 Å². The molecule has 90 valence electrons. The van der Waals surface area contributed by atoms with Gasteiger partial charge in [-0.15, -0.1) is 0 Å². The summed E-state index contributed by atoms with van der Waals surface area (Å²) >= 11 is 0. The van der Waals surface area contributed by atoms with E-state index in [1.807, 2.05) is 19.4 Å². The average molecular weight is 230 g/mol. The maximum absolute atomic E-state index is 5.46. The van der Waals surface area contributed by atoms with E-state index < -0.39 is 0 Å². The Morgan fingerprint density at radius 2 is 2.06 bits per heavy atom. The largest absolute Gasteiger partial charge is 0.496 e. The molecule has 0 unspecified atom stereocenters. The Bertz CT molecular complexity index is 515. The summed E-state index contributed by atoms with van der Waals surface area (Å²) in [6, 6.07) is 6.35. The highest BCUT2D eigenvalue weighted by molar-refractivity contribution is 5.69. The molecule has 2 aromatic rings. The third kappa shape index (κ3) is 2.33. The van der Waals surface area contributed by atoms with E-state index in [9.17, 15) is 0 Å². The van der Waals surface area contributed by atoms with Gasteiger partial charge in [-0.1, -0.05) is 26.0 Å². The molecule has 3 nitrogen and oxygen atoms in total. The molecule has 0 atom stereocenters. The normalized spacial score (nSPS) is 10.9. The van der Waals surface area contributed by atoms with Gasteiger partial charge in [-0.3, -0.25) is 4.68 Å². The fraction of sp³-hybridized carbons (Fsp3) is 0.357. The number of hydrogen-bond acceptors (Lipinski definition) is 2. The summed E-state index contributed by atoms with van der Waals surface area (Å²) in [4.78, 5) is 0. The Balaban J connectivity index is 2.48. The summed E-state index contributed by atoms with van der Waals surface area (Å²) in [5.74, 6) is 1.41. The van der Waals surface area contributed by atoms with Crippen molar-refractivity contribution in [3.05, 3.63) is 36.2 Å². The summed E-state index contributed by atoms with van der Waals surface area (Å²) in [6.45, 7) is 4.36. The molecular weight excluding hydrogens is 212 g/mol. The lowest BCUT2D eigenvalue weighted by atomic mass is 9.99. The van der Waals surface area contributed by atoms with Gasteiger partial charge < -0.3 is 4.74 Å². The first-order valence-electron chi connectivity index (χ1n) is 5.78. The minimum Gasteiger partial charge on any atom is -0.496 e. The highest BCUT2D eigenvalue weighted by Gasteiger charge is 2.09. The second-order valence-corrected chi connectivity index (χ2v) is 4.52. The van der Waals surface area contributed by atoms with Crippen molar-refractivity contribution < 1.29 is 4.74 Å². The fourth-order valence-corrected chi connectivity index (χ4v) is 1.87. The first-order chi connectivity index (χ1) is 8.11. The van der Waals surface area contributed by atoms with Crippen LogP contribution in [0.4, 0.5) is 0 Å².